The minimum Gasteiger partial charge on any atom is -0.495 e. The SMILES string of the molecule is COc1cncc(-c2nc(N)nc3c2CCc2ccc(Br)cc2-3)c1. The molecular formula is C18H15BrN4O. The van der Waals surface area contributed by atoms with Crippen LogP contribution in [0.4, 0.5) is 5.95 Å². The Bertz CT molecular complexity index is 942. The highest BCUT2D eigenvalue weighted by Crippen LogP contribution is 2.38. The van der Waals surface area contributed by atoms with Crippen LogP contribution in [-0.4, -0.2) is 22.1 Å². The van der Waals surface area contributed by atoms with Gasteiger partial charge in [0, 0.05) is 27.4 Å². The van der Waals surface area contributed by atoms with E-state index in [2.05, 4.69) is 49.1 Å². The van der Waals surface area contributed by atoms with Crippen LogP contribution >= 0.6 is 15.9 Å². The fourth-order valence-corrected chi connectivity index (χ4v) is 3.47. The Balaban J connectivity index is 1.96. The summed E-state index contributed by atoms with van der Waals surface area (Å²) in [6.45, 7) is 0. The lowest BCUT2D eigenvalue weighted by atomic mass is 9.87. The Labute approximate surface area is 148 Å². The third-order valence-electron chi connectivity index (χ3n) is 4.22. The molecule has 0 atom stereocenters. The van der Waals surface area contributed by atoms with Crippen LogP contribution in [0.25, 0.3) is 22.5 Å². The number of nitrogens with two attached hydrogens (primary N) is 1. The number of aryl methyl sites for hydroxylation is 1. The maximum atomic E-state index is 6.00. The van der Waals surface area contributed by atoms with Crippen molar-refractivity contribution in [3.63, 3.8) is 0 Å². The van der Waals surface area contributed by atoms with E-state index in [1.807, 2.05) is 6.07 Å². The van der Waals surface area contributed by atoms with Gasteiger partial charge in [-0.1, -0.05) is 22.0 Å². The van der Waals surface area contributed by atoms with E-state index in [4.69, 9.17) is 10.5 Å². The van der Waals surface area contributed by atoms with Crippen molar-refractivity contribution in [1.29, 1.82) is 0 Å². The van der Waals surface area contributed by atoms with E-state index < -0.39 is 0 Å². The van der Waals surface area contributed by atoms with E-state index in [-0.39, 0.29) is 5.95 Å². The fourth-order valence-electron chi connectivity index (χ4n) is 3.11. The molecule has 2 N–H and O–H groups in total. The smallest absolute Gasteiger partial charge is 0.221 e. The van der Waals surface area contributed by atoms with Crippen LogP contribution in [0.3, 0.4) is 0 Å². The number of nitrogens with zero attached hydrogens (tertiary/aromatic N) is 3. The largest absolute Gasteiger partial charge is 0.495 e. The van der Waals surface area contributed by atoms with Gasteiger partial charge in [0.15, 0.2) is 0 Å². The molecule has 0 unspecified atom stereocenters. The molecule has 2 heterocycles. The van der Waals surface area contributed by atoms with Crippen molar-refractivity contribution in [3.05, 3.63) is 52.3 Å². The number of hydrogen-bond donors (Lipinski definition) is 1. The second-order valence-corrected chi connectivity index (χ2v) is 6.59. The zero-order valence-electron chi connectivity index (χ0n) is 13.1. The molecule has 1 aliphatic carbocycles. The molecular weight excluding hydrogens is 368 g/mol. The molecule has 5 nitrogen and oxygen atoms in total. The summed E-state index contributed by atoms with van der Waals surface area (Å²) in [4.78, 5) is 13.2. The first-order valence-electron chi connectivity index (χ1n) is 7.60. The van der Waals surface area contributed by atoms with Gasteiger partial charge in [-0.2, -0.15) is 0 Å². The summed E-state index contributed by atoms with van der Waals surface area (Å²) in [7, 11) is 1.62. The molecule has 0 fully saturated rings. The Morgan fingerprint density at radius 1 is 1.08 bits per heavy atom. The minimum atomic E-state index is 0.263. The molecule has 0 saturated heterocycles. The molecule has 0 aliphatic heterocycles. The van der Waals surface area contributed by atoms with E-state index in [1.165, 1.54) is 5.56 Å². The lowest BCUT2D eigenvalue weighted by molar-refractivity contribution is 0.413. The summed E-state index contributed by atoms with van der Waals surface area (Å²) >= 11 is 3.54. The van der Waals surface area contributed by atoms with Crippen LogP contribution in [0.5, 0.6) is 5.75 Å². The highest BCUT2D eigenvalue weighted by molar-refractivity contribution is 9.10. The first kappa shape index (κ1) is 15.1. The number of nitrogen functional groups attached to an aromatic ring is 1. The molecule has 0 bridgehead atoms. The predicted molar refractivity (Wildman–Crippen MR) is 96.8 cm³/mol. The lowest BCUT2D eigenvalue weighted by Crippen LogP contribution is -2.11. The topological polar surface area (TPSA) is 73.9 Å². The molecule has 24 heavy (non-hydrogen) atoms. The third-order valence-corrected chi connectivity index (χ3v) is 4.71. The zero-order valence-corrected chi connectivity index (χ0v) is 14.7. The molecule has 0 amide bonds. The molecule has 1 aliphatic rings. The van der Waals surface area contributed by atoms with Crippen molar-refractivity contribution in [3.8, 4) is 28.3 Å². The number of fused-ring (bicyclic) bond motifs is 3. The maximum absolute atomic E-state index is 6.00. The number of pyridine rings is 1. The Morgan fingerprint density at radius 3 is 2.75 bits per heavy atom. The van der Waals surface area contributed by atoms with Gasteiger partial charge in [0.2, 0.25) is 5.95 Å². The van der Waals surface area contributed by atoms with Gasteiger partial charge in [0.05, 0.1) is 24.7 Å². The molecule has 2 aromatic heterocycles. The molecule has 1 aromatic carbocycles. The van der Waals surface area contributed by atoms with E-state index >= 15 is 0 Å². The summed E-state index contributed by atoms with van der Waals surface area (Å²) in [5.41, 5.74) is 12.1. The Morgan fingerprint density at radius 2 is 1.92 bits per heavy atom. The molecule has 4 rings (SSSR count). The van der Waals surface area contributed by atoms with Crippen molar-refractivity contribution in [2.45, 2.75) is 12.8 Å². The average Bonchev–Trinajstić information content (AvgIpc) is 2.61. The molecule has 3 aromatic rings. The van der Waals surface area contributed by atoms with Gasteiger partial charge < -0.3 is 10.5 Å². The minimum absolute atomic E-state index is 0.263. The van der Waals surface area contributed by atoms with E-state index in [1.54, 1.807) is 19.5 Å². The van der Waals surface area contributed by atoms with E-state index in [9.17, 15) is 0 Å². The fraction of sp³-hybridized carbons (Fsp3) is 0.167. The van der Waals surface area contributed by atoms with Crippen LogP contribution in [0.2, 0.25) is 0 Å². The maximum Gasteiger partial charge on any atom is 0.221 e. The monoisotopic (exact) mass is 382 g/mol. The summed E-state index contributed by atoms with van der Waals surface area (Å²) in [6, 6.07) is 8.20. The number of methoxy groups -OCH3 is 1. The third kappa shape index (κ3) is 2.53. The number of hydrogen-bond acceptors (Lipinski definition) is 5. The van der Waals surface area contributed by atoms with Crippen LogP contribution in [0, 0.1) is 0 Å². The summed E-state index contributed by atoms with van der Waals surface area (Å²) < 4.78 is 6.30. The second-order valence-electron chi connectivity index (χ2n) is 5.67. The van der Waals surface area contributed by atoms with Crippen molar-refractivity contribution in [2.75, 3.05) is 12.8 Å². The van der Waals surface area contributed by atoms with Crippen LogP contribution in [0.1, 0.15) is 11.1 Å². The number of rotatable bonds is 2. The number of anilines is 1. The van der Waals surface area contributed by atoms with Gasteiger partial charge in [-0.05, 0) is 36.6 Å². The van der Waals surface area contributed by atoms with Gasteiger partial charge in [-0.25, -0.2) is 9.97 Å². The van der Waals surface area contributed by atoms with Crippen molar-refractivity contribution >= 4 is 21.9 Å². The number of aromatic nitrogens is 3. The average molecular weight is 383 g/mol. The van der Waals surface area contributed by atoms with Crippen LogP contribution < -0.4 is 10.5 Å². The second kappa shape index (κ2) is 5.87. The predicted octanol–water partition coefficient (Wildman–Crippen LogP) is 3.66. The normalized spacial score (nSPS) is 12.4. The van der Waals surface area contributed by atoms with Crippen molar-refractivity contribution < 1.29 is 4.74 Å². The van der Waals surface area contributed by atoms with Gasteiger partial charge in [-0.3, -0.25) is 4.98 Å². The van der Waals surface area contributed by atoms with Gasteiger partial charge >= 0.3 is 0 Å². The highest BCUT2D eigenvalue weighted by Gasteiger charge is 2.23. The highest BCUT2D eigenvalue weighted by atomic mass is 79.9. The van der Waals surface area contributed by atoms with E-state index in [0.29, 0.717) is 5.75 Å². The number of halogens is 1. The standard InChI is InChI=1S/C18H15BrN4O/c1-24-13-6-11(8-21-9-13)16-14-5-3-10-2-4-12(19)7-15(10)17(14)23-18(20)22-16/h2,4,6-9H,3,5H2,1H3,(H2,20,22,23). The van der Waals surface area contributed by atoms with Gasteiger partial charge in [-0.15, -0.1) is 0 Å². The van der Waals surface area contributed by atoms with Gasteiger partial charge in [0.1, 0.15) is 5.75 Å². The van der Waals surface area contributed by atoms with Crippen molar-refractivity contribution in [2.24, 2.45) is 0 Å². The molecule has 0 saturated carbocycles. The Kier molecular flexibility index (Phi) is 3.69. The van der Waals surface area contributed by atoms with Crippen LogP contribution in [-0.2, 0) is 12.8 Å². The van der Waals surface area contributed by atoms with Crippen LogP contribution in [0.15, 0.2) is 41.1 Å². The summed E-state index contributed by atoms with van der Waals surface area (Å²) in [5, 5.41) is 0. The summed E-state index contributed by atoms with van der Waals surface area (Å²) in [5.74, 6) is 0.955. The molecule has 6 heteroatoms. The first-order valence-corrected chi connectivity index (χ1v) is 8.39. The first-order chi connectivity index (χ1) is 11.7. The number of benzene rings is 1. The van der Waals surface area contributed by atoms with E-state index in [0.717, 1.165) is 45.4 Å². The number of ether oxygens (including phenoxy) is 1. The zero-order chi connectivity index (χ0) is 16.7. The lowest BCUT2D eigenvalue weighted by Gasteiger charge is -2.21. The van der Waals surface area contributed by atoms with Gasteiger partial charge in [0.25, 0.3) is 0 Å². The summed E-state index contributed by atoms with van der Waals surface area (Å²) in [6.07, 6.45) is 5.28. The molecule has 0 spiro atoms. The molecule has 0 radical (unpaired) electrons. The quantitative estimate of drug-likeness (QED) is 0.731. The van der Waals surface area contributed by atoms with Crippen molar-refractivity contribution in [1.82, 2.24) is 15.0 Å². The Hall–Kier alpha value is -2.47. The molecule has 120 valence electrons.